The molecule has 20 heavy (non-hydrogen) atoms. The van der Waals surface area contributed by atoms with E-state index in [1.807, 2.05) is 6.07 Å². The summed E-state index contributed by atoms with van der Waals surface area (Å²) in [6.45, 7) is 3.24. The van der Waals surface area contributed by atoms with E-state index in [1.54, 1.807) is 6.07 Å². The van der Waals surface area contributed by atoms with Gasteiger partial charge in [0.1, 0.15) is 13.2 Å². The molecule has 1 atom stereocenters. The van der Waals surface area contributed by atoms with Gasteiger partial charge in [-0.05, 0) is 24.3 Å². The van der Waals surface area contributed by atoms with Gasteiger partial charge in [0.05, 0.1) is 11.1 Å². The Morgan fingerprint density at radius 2 is 1.70 bits per heavy atom. The van der Waals surface area contributed by atoms with Crippen LogP contribution in [-0.4, -0.2) is 18.3 Å². The van der Waals surface area contributed by atoms with E-state index in [4.69, 9.17) is 21.1 Å². The number of hydrogen-bond acceptors (Lipinski definition) is 3. The molecule has 0 aromatic heterocycles. The maximum atomic E-state index is 10.8. The molecule has 0 saturated heterocycles. The third kappa shape index (κ3) is 2.49. The zero-order valence-electron chi connectivity index (χ0n) is 11.8. The minimum atomic E-state index is -0.550. The first-order valence-corrected chi connectivity index (χ1v) is 7.75. The average molecular weight is 297 g/mol. The molecule has 1 aromatic carbocycles. The van der Waals surface area contributed by atoms with E-state index < -0.39 is 6.10 Å². The van der Waals surface area contributed by atoms with Crippen molar-refractivity contribution in [2.75, 3.05) is 13.2 Å². The predicted molar refractivity (Wildman–Crippen MR) is 78.6 cm³/mol. The molecular weight excluding hydrogens is 276 g/mol. The number of hydrogen-bond donors (Lipinski definition) is 1. The van der Waals surface area contributed by atoms with Gasteiger partial charge >= 0.3 is 0 Å². The Labute approximate surface area is 124 Å². The molecule has 1 fully saturated rings. The number of benzene rings is 1. The standard InChI is InChI=1S/C16H21ClO3/c1-16(5-3-2-4-6-16)15(18)11-9-13-14(10-12(11)17)20-8-7-19-13/h9-10,15,18H,2-8H2,1H3. The molecule has 3 nitrogen and oxygen atoms in total. The van der Waals surface area contributed by atoms with Gasteiger partial charge in [0.2, 0.25) is 0 Å². The van der Waals surface area contributed by atoms with Gasteiger partial charge < -0.3 is 14.6 Å². The number of fused-ring (bicyclic) bond motifs is 1. The van der Waals surface area contributed by atoms with Crippen molar-refractivity contribution in [2.24, 2.45) is 5.41 Å². The number of halogens is 1. The van der Waals surface area contributed by atoms with Gasteiger partial charge in [0.25, 0.3) is 0 Å². The van der Waals surface area contributed by atoms with Crippen LogP contribution in [0.5, 0.6) is 11.5 Å². The van der Waals surface area contributed by atoms with E-state index >= 15 is 0 Å². The average Bonchev–Trinajstić information content (AvgIpc) is 2.46. The van der Waals surface area contributed by atoms with Crippen LogP contribution in [-0.2, 0) is 0 Å². The van der Waals surface area contributed by atoms with Gasteiger partial charge in [0, 0.05) is 11.6 Å². The lowest BCUT2D eigenvalue weighted by Gasteiger charge is -2.38. The fourth-order valence-corrected chi connectivity index (χ4v) is 3.55. The fourth-order valence-electron chi connectivity index (χ4n) is 3.30. The zero-order chi connectivity index (χ0) is 14.2. The largest absolute Gasteiger partial charge is 0.486 e. The molecule has 0 amide bonds. The first-order valence-electron chi connectivity index (χ1n) is 7.37. The highest BCUT2D eigenvalue weighted by Crippen LogP contribution is 2.49. The highest BCUT2D eigenvalue weighted by molar-refractivity contribution is 6.31. The molecular formula is C16H21ClO3. The smallest absolute Gasteiger partial charge is 0.162 e. The van der Waals surface area contributed by atoms with Gasteiger partial charge in [-0.25, -0.2) is 0 Å². The summed E-state index contributed by atoms with van der Waals surface area (Å²) in [6, 6.07) is 3.61. The van der Waals surface area contributed by atoms with Crippen molar-refractivity contribution in [2.45, 2.75) is 45.1 Å². The second-order valence-corrected chi connectivity index (χ2v) is 6.54. The van der Waals surface area contributed by atoms with Crippen molar-refractivity contribution in [1.82, 2.24) is 0 Å². The summed E-state index contributed by atoms with van der Waals surface area (Å²) in [4.78, 5) is 0. The van der Waals surface area contributed by atoms with Crippen LogP contribution >= 0.6 is 11.6 Å². The minimum Gasteiger partial charge on any atom is -0.486 e. The van der Waals surface area contributed by atoms with Crippen LogP contribution < -0.4 is 9.47 Å². The molecule has 1 unspecified atom stereocenters. The molecule has 2 aliphatic rings. The van der Waals surface area contributed by atoms with E-state index in [0.29, 0.717) is 29.7 Å². The SMILES string of the molecule is CC1(C(O)c2cc3c(cc2Cl)OCCO3)CCCCC1. The summed E-state index contributed by atoms with van der Waals surface area (Å²) in [6.07, 6.45) is 5.15. The molecule has 0 radical (unpaired) electrons. The number of ether oxygens (including phenoxy) is 2. The molecule has 1 saturated carbocycles. The van der Waals surface area contributed by atoms with Crippen molar-refractivity contribution in [3.63, 3.8) is 0 Å². The second kappa shape index (κ2) is 5.45. The Morgan fingerprint density at radius 1 is 1.10 bits per heavy atom. The van der Waals surface area contributed by atoms with E-state index in [1.165, 1.54) is 19.3 Å². The van der Waals surface area contributed by atoms with Crippen molar-refractivity contribution >= 4 is 11.6 Å². The van der Waals surface area contributed by atoms with Crippen LogP contribution in [0.25, 0.3) is 0 Å². The first-order chi connectivity index (χ1) is 9.60. The summed E-state index contributed by atoms with van der Waals surface area (Å²) in [5.74, 6) is 1.36. The summed E-state index contributed by atoms with van der Waals surface area (Å²) in [5, 5.41) is 11.4. The Hall–Kier alpha value is -0.930. The summed E-state index contributed by atoms with van der Waals surface area (Å²) in [5.41, 5.74) is 0.673. The second-order valence-electron chi connectivity index (χ2n) is 6.13. The molecule has 110 valence electrons. The van der Waals surface area contributed by atoms with Crippen molar-refractivity contribution < 1.29 is 14.6 Å². The quantitative estimate of drug-likeness (QED) is 0.892. The summed E-state index contributed by atoms with van der Waals surface area (Å²) >= 11 is 6.34. The van der Waals surface area contributed by atoms with Gasteiger partial charge in [-0.15, -0.1) is 0 Å². The highest BCUT2D eigenvalue weighted by atomic mass is 35.5. The normalized spacial score (nSPS) is 22.4. The van der Waals surface area contributed by atoms with Crippen LogP contribution in [0, 0.1) is 5.41 Å². The van der Waals surface area contributed by atoms with Gasteiger partial charge in [-0.2, -0.15) is 0 Å². The van der Waals surface area contributed by atoms with E-state index in [2.05, 4.69) is 6.92 Å². The summed E-state index contributed by atoms with van der Waals surface area (Å²) in [7, 11) is 0. The lowest BCUT2D eigenvalue weighted by atomic mass is 9.70. The van der Waals surface area contributed by atoms with Crippen LogP contribution in [0.15, 0.2) is 12.1 Å². The predicted octanol–water partition coefficient (Wildman–Crippen LogP) is 4.12. The van der Waals surface area contributed by atoms with Gasteiger partial charge in [-0.3, -0.25) is 0 Å². The van der Waals surface area contributed by atoms with E-state index in [-0.39, 0.29) is 5.41 Å². The number of aliphatic hydroxyl groups is 1. The molecule has 1 aliphatic carbocycles. The molecule has 4 heteroatoms. The first kappa shape index (κ1) is 14.0. The topological polar surface area (TPSA) is 38.7 Å². The zero-order valence-corrected chi connectivity index (χ0v) is 12.6. The molecule has 0 bridgehead atoms. The molecule has 1 aromatic rings. The maximum absolute atomic E-state index is 10.8. The van der Waals surface area contributed by atoms with E-state index in [9.17, 15) is 5.11 Å². The third-order valence-corrected chi connectivity index (χ3v) is 4.94. The van der Waals surface area contributed by atoms with Crippen LogP contribution in [0.1, 0.15) is 50.7 Å². The van der Waals surface area contributed by atoms with Crippen LogP contribution in [0.2, 0.25) is 5.02 Å². The molecule has 0 spiro atoms. The Bertz CT molecular complexity index is 495. The monoisotopic (exact) mass is 296 g/mol. The van der Waals surface area contributed by atoms with Crippen LogP contribution in [0.4, 0.5) is 0 Å². The molecule has 1 N–H and O–H groups in total. The summed E-state index contributed by atoms with van der Waals surface area (Å²) < 4.78 is 11.1. The Morgan fingerprint density at radius 3 is 2.35 bits per heavy atom. The third-order valence-electron chi connectivity index (χ3n) is 4.61. The number of rotatable bonds is 2. The molecule has 1 heterocycles. The van der Waals surface area contributed by atoms with Crippen molar-refractivity contribution in [1.29, 1.82) is 0 Å². The lowest BCUT2D eigenvalue weighted by Crippen LogP contribution is -2.28. The highest BCUT2D eigenvalue weighted by Gasteiger charge is 2.36. The van der Waals surface area contributed by atoms with Gasteiger partial charge in [-0.1, -0.05) is 37.8 Å². The van der Waals surface area contributed by atoms with Gasteiger partial charge in [0.15, 0.2) is 11.5 Å². The minimum absolute atomic E-state index is 0.0916. The number of aliphatic hydroxyl groups excluding tert-OH is 1. The van der Waals surface area contributed by atoms with Crippen LogP contribution in [0.3, 0.4) is 0 Å². The maximum Gasteiger partial charge on any atom is 0.162 e. The Balaban J connectivity index is 1.92. The lowest BCUT2D eigenvalue weighted by molar-refractivity contribution is 0.00794. The molecule has 1 aliphatic heterocycles. The fraction of sp³-hybridized carbons (Fsp3) is 0.625. The van der Waals surface area contributed by atoms with E-state index in [0.717, 1.165) is 18.4 Å². The van der Waals surface area contributed by atoms with Crippen molar-refractivity contribution in [3.8, 4) is 11.5 Å². The van der Waals surface area contributed by atoms with Crippen molar-refractivity contribution in [3.05, 3.63) is 22.7 Å². The molecule has 3 rings (SSSR count). The Kier molecular flexibility index (Phi) is 3.83.